The third kappa shape index (κ3) is 2.41. The fourth-order valence-corrected chi connectivity index (χ4v) is 3.02. The number of nitrogens with one attached hydrogen (secondary N) is 2. The molecular weight excluding hydrogens is 222 g/mol. The SMILES string of the molecule is CC1CCCC1CNCc1ccc2nc[nH]c2c1. The minimum Gasteiger partial charge on any atom is -0.345 e. The zero-order valence-electron chi connectivity index (χ0n) is 10.9. The van der Waals surface area contributed by atoms with Crippen LogP contribution in [0.5, 0.6) is 0 Å². The predicted octanol–water partition coefficient (Wildman–Crippen LogP) is 3.09. The highest BCUT2D eigenvalue weighted by Gasteiger charge is 2.22. The van der Waals surface area contributed by atoms with Crippen LogP contribution < -0.4 is 5.32 Å². The molecule has 3 heteroatoms. The first-order valence-corrected chi connectivity index (χ1v) is 6.95. The number of aromatic nitrogens is 2. The van der Waals surface area contributed by atoms with Gasteiger partial charge in [-0.2, -0.15) is 0 Å². The van der Waals surface area contributed by atoms with Crippen LogP contribution in [0.15, 0.2) is 24.5 Å². The summed E-state index contributed by atoms with van der Waals surface area (Å²) >= 11 is 0. The second kappa shape index (κ2) is 5.11. The first-order valence-electron chi connectivity index (χ1n) is 6.95. The lowest BCUT2D eigenvalue weighted by atomic mass is 9.98. The van der Waals surface area contributed by atoms with E-state index in [1.54, 1.807) is 6.33 Å². The van der Waals surface area contributed by atoms with Gasteiger partial charge in [-0.05, 0) is 42.5 Å². The first kappa shape index (κ1) is 11.7. The molecule has 2 unspecified atom stereocenters. The monoisotopic (exact) mass is 243 g/mol. The second-order valence-corrected chi connectivity index (χ2v) is 5.55. The van der Waals surface area contributed by atoms with Crippen molar-refractivity contribution in [2.75, 3.05) is 6.54 Å². The molecule has 3 rings (SSSR count). The van der Waals surface area contributed by atoms with Crippen molar-refractivity contribution in [2.45, 2.75) is 32.7 Å². The van der Waals surface area contributed by atoms with Crippen molar-refractivity contribution in [1.82, 2.24) is 15.3 Å². The molecule has 1 aliphatic rings. The molecule has 96 valence electrons. The standard InChI is InChI=1S/C15H21N3/c1-11-3-2-4-13(11)9-16-8-12-5-6-14-15(7-12)18-10-17-14/h5-7,10-11,13,16H,2-4,8-9H2,1H3,(H,17,18). The van der Waals surface area contributed by atoms with E-state index < -0.39 is 0 Å². The summed E-state index contributed by atoms with van der Waals surface area (Å²) in [7, 11) is 0. The zero-order valence-corrected chi connectivity index (χ0v) is 10.9. The van der Waals surface area contributed by atoms with E-state index >= 15 is 0 Å². The molecule has 1 saturated carbocycles. The molecule has 0 bridgehead atoms. The van der Waals surface area contributed by atoms with Crippen molar-refractivity contribution in [2.24, 2.45) is 11.8 Å². The Bertz CT molecular complexity index is 517. The van der Waals surface area contributed by atoms with Gasteiger partial charge in [-0.3, -0.25) is 0 Å². The highest BCUT2D eigenvalue weighted by molar-refractivity contribution is 5.74. The van der Waals surface area contributed by atoms with Gasteiger partial charge < -0.3 is 10.3 Å². The van der Waals surface area contributed by atoms with Gasteiger partial charge in [0.25, 0.3) is 0 Å². The van der Waals surface area contributed by atoms with Gasteiger partial charge in [0.15, 0.2) is 0 Å². The van der Waals surface area contributed by atoms with E-state index in [1.165, 1.54) is 24.8 Å². The maximum Gasteiger partial charge on any atom is 0.0931 e. The summed E-state index contributed by atoms with van der Waals surface area (Å²) in [5, 5.41) is 3.60. The molecule has 2 aromatic rings. The number of rotatable bonds is 4. The van der Waals surface area contributed by atoms with Gasteiger partial charge in [0.05, 0.1) is 17.4 Å². The average Bonchev–Trinajstić information content (AvgIpc) is 2.98. The Morgan fingerprint density at radius 1 is 1.39 bits per heavy atom. The number of aromatic amines is 1. The summed E-state index contributed by atoms with van der Waals surface area (Å²) in [5.41, 5.74) is 3.50. The maximum absolute atomic E-state index is 4.24. The maximum atomic E-state index is 4.24. The number of hydrogen-bond acceptors (Lipinski definition) is 2. The number of H-pyrrole nitrogens is 1. The van der Waals surface area contributed by atoms with Crippen LogP contribution in [0.4, 0.5) is 0 Å². The van der Waals surface area contributed by atoms with Gasteiger partial charge in [0.1, 0.15) is 0 Å². The Kier molecular flexibility index (Phi) is 3.33. The van der Waals surface area contributed by atoms with E-state index in [0.717, 1.165) is 36.0 Å². The summed E-state index contributed by atoms with van der Waals surface area (Å²) in [5.74, 6) is 1.77. The van der Waals surface area contributed by atoms with Crippen molar-refractivity contribution in [3.05, 3.63) is 30.1 Å². The van der Waals surface area contributed by atoms with E-state index in [1.807, 2.05) is 0 Å². The van der Waals surface area contributed by atoms with Gasteiger partial charge >= 0.3 is 0 Å². The Balaban J connectivity index is 1.56. The summed E-state index contributed by atoms with van der Waals surface area (Å²) in [4.78, 5) is 7.40. The molecule has 0 radical (unpaired) electrons. The fraction of sp³-hybridized carbons (Fsp3) is 0.533. The highest BCUT2D eigenvalue weighted by atomic mass is 14.9. The number of benzene rings is 1. The molecule has 1 aliphatic carbocycles. The molecule has 1 fully saturated rings. The zero-order chi connectivity index (χ0) is 12.4. The predicted molar refractivity (Wildman–Crippen MR) is 74.3 cm³/mol. The topological polar surface area (TPSA) is 40.7 Å². The highest BCUT2D eigenvalue weighted by Crippen LogP contribution is 2.30. The number of imidazole rings is 1. The molecule has 18 heavy (non-hydrogen) atoms. The molecule has 3 nitrogen and oxygen atoms in total. The Hall–Kier alpha value is -1.35. The second-order valence-electron chi connectivity index (χ2n) is 5.55. The van der Waals surface area contributed by atoms with Crippen molar-refractivity contribution >= 4 is 11.0 Å². The molecule has 0 amide bonds. The largest absolute Gasteiger partial charge is 0.345 e. The summed E-state index contributed by atoms with van der Waals surface area (Å²) in [6.07, 6.45) is 5.97. The molecule has 2 atom stereocenters. The summed E-state index contributed by atoms with van der Waals surface area (Å²) < 4.78 is 0. The summed E-state index contributed by atoms with van der Waals surface area (Å²) in [6, 6.07) is 6.43. The molecular formula is C15H21N3. The van der Waals surface area contributed by atoms with Crippen LogP contribution in [-0.4, -0.2) is 16.5 Å². The summed E-state index contributed by atoms with van der Waals surface area (Å²) in [6.45, 7) is 4.50. The molecule has 1 aromatic heterocycles. The van der Waals surface area contributed by atoms with Crippen LogP contribution in [0.1, 0.15) is 31.7 Å². The van der Waals surface area contributed by atoms with Crippen LogP contribution in [-0.2, 0) is 6.54 Å². The van der Waals surface area contributed by atoms with E-state index in [-0.39, 0.29) is 0 Å². The van der Waals surface area contributed by atoms with Crippen molar-refractivity contribution in [3.63, 3.8) is 0 Å². The fourth-order valence-electron chi connectivity index (χ4n) is 3.02. The molecule has 0 spiro atoms. The normalized spacial score (nSPS) is 23.8. The van der Waals surface area contributed by atoms with Gasteiger partial charge in [0.2, 0.25) is 0 Å². The van der Waals surface area contributed by atoms with Crippen molar-refractivity contribution in [1.29, 1.82) is 0 Å². The number of fused-ring (bicyclic) bond motifs is 1. The lowest BCUT2D eigenvalue weighted by molar-refractivity contribution is 0.392. The third-order valence-electron chi connectivity index (χ3n) is 4.26. The lowest BCUT2D eigenvalue weighted by Gasteiger charge is -2.15. The van der Waals surface area contributed by atoms with Gasteiger partial charge in [-0.15, -0.1) is 0 Å². The smallest absolute Gasteiger partial charge is 0.0931 e. The lowest BCUT2D eigenvalue weighted by Crippen LogP contribution is -2.23. The van der Waals surface area contributed by atoms with Gasteiger partial charge in [0, 0.05) is 6.54 Å². The van der Waals surface area contributed by atoms with Gasteiger partial charge in [-0.1, -0.05) is 25.8 Å². The van der Waals surface area contributed by atoms with Crippen LogP contribution >= 0.6 is 0 Å². The quantitative estimate of drug-likeness (QED) is 0.866. The van der Waals surface area contributed by atoms with Crippen LogP contribution in [0.3, 0.4) is 0 Å². The minimum atomic E-state index is 0.876. The molecule has 1 aromatic carbocycles. The van der Waals surface area contributed by atoms with E-state index in [0.29, 0.717) is 0 Å². The third-order valence-corrected chi connectivity index (χ3v) is 4.26. The van der Waals surface area contributed by atoms with Crippen LogP contribution in [0.2, 0.25) is 0 Å². The molecule has 2 N–H and O–H groups in total. The molecule has 0 saturated heterocycles. The van der Waals surface area contributed by atoms with E-state index in [4.69, 9.17) is 0 Å². The van der Waals surface area contributed by atoms with Crippen LogP contribution in [0.25, 0.3) is 11.0 Å². The Morgan fingerprint density at radius 3 is 3.17 bits per heavy atom. The van der Waals surface area contributed by atoms with Crippen molar-refractivity contribution in [3.8, 4) is 0 Å². The number of nitrogens with zero attached hydrogens (tertiary/aromatic N) is 1. The minimum absolute atomic E-state index is 0.876. The average molecular weight is 243 g/mol. The first-order chi connectivity index (χ1) is 8.83. The van der Waals surface area contributed by atoms with Crippen LogP contribution in [0, 0.1) is 11.8 Å². The Labute approximate surface area is 108 Å². The molecule has 0 aliphatic heterocycles. The van der Waals surface area contributed by atoms with Crippen molar-refractivity contribution < 1.29 is 0 Å². The Morgan fingerprint density at radius 2 is 2.33 bits per heavy atom. The van der Waals surface area contributed by atoms with E-state index in [9.17, 15) is 0 Å². The van der Waals surface area contributed by atoms with E-state index in [2.05, 4.69) is 40.4 Å². The molecule has 1 heterocycles. The number of hydrogen-bond donors (Lipinski definition) is 2. The van der Waals surface area contributed by atoms with Gasteiger partial charge in [-0.25, -0.2) is 4.98 Å².